The van der Waals surface area contributed by atoms with Crippen molar-refractivity contribution in [1.82, 2.24) is 78.1 Å². The smallest absolute Gasteiger partial charge is 0.325 e. The van der Waals surface area contributed by atoms with Crippen molar-refractivity contribution in [2.24, 2.45) is 0 Å². The SMILES string of the molecule is CO[C@H]1[C@@H](OP(O)(=S)OC[C@H]2O[C@@H](n3cnc4c(N)ncnc43)[C@H](O)[C@@H]2O)[C@H](n2cnc3c(N)ncnc32)O[C@@H]1COP(O)(=S)O[C@@H]1[C@H](OC)[C@@H](COP(O)(=S)O[C@@H]2C[C@@H](CCC(=O)O)O[C@H]2n2cnc3c(N)ncnc32)O[C@H]1n1cnc2c(N)ncnc21. The number of aliphatic carboxylic acids is 1. The fourth-order valence-electron chi connectivity index (χ4n) is 10.8. The standard InChI is InChI=1S/C44H55N20O19P3S3/c1-72-29-20(7-75-84(69,87)81-18-5-17(3-4-22(65)66)77-41(18)61-13-57-23-33(45)49-9-53-37(23)61)79-44(64-16-60-26-36(48)52-12-56-40(26)64)32(29)83-86(71,89)76-8-21-30(73-2)31(43(80-21)63-15-59-25-35(47)51-11-55-39(25)63)82-85(70,88)74-6-19-27(67)28(68)42(78-19)62-14-58-24-34(46)50-10-54-38(24)62/h9-21,27-32,41-44,67-68H,3-8H2,1-2H3,(H,65,66)(H,69,87)(H,70,88)(H,71,89)(H2,45,49,53)(H2,46,50,54)(H2,47,51,55)(H2,48,52,56)/t17-,18-,19-,20-,21-,27-,28-,29-,30-,31-,32-,41-,42-,43-,44-,84?,85?,86?/m1/s1. The van der Waals surface area contributed by atoms with Crippen LogP contribution in [0.1, 0.15) is 44.2 Å². The quantitative estimate of drug-likeness (QED) is 0.0329. The van der Waals surface area contributed by atoms with Gasteiger partial charge >= 0.3 is 26.1 Å². The van der Waals surface area contributed by atoms with Crippen molar-refractivity contribution in [2.45, 2.75) is 111 Å². The van der Waals surface area contributed by atoms with Gasteiger partial charge in [0.1, 0.15) is 108 Å². The molecular formula is C44H55N20O19P3S3. The lowest BCUT2D eigenvalue weighted by molar-refractivity contribution is -0.138. The Kier molecular flexibility index (Phi) is 18.0. The molecular weight excluding hydrogens is 1300 g/mol. The number of aliphatic hydroxyl groups is 2. The lowest BCUT2D eigenvalue weighted by Crippen LogP contribution is -2.38. The third-order valence-corrected chi connectivity index (χ3v) is 19.6. The van der Waals surface area contributed by atoms with Gasteiger partial charge in [-0.3, -0.25) is 32.1 Å². The van der Waals surface area contributed by atoms with Crippen LogP contribution >= 0.6 is 20.2 Å². The molecule has 4 aliphatic rings. The first-order valence-corrected chi connectivity index (χ1v) is 34.2. The number of nitrogens with zero attached hydrogens (tertiary/aromatic N) is 16. The van der Waals surface area contributed by atoms with Gasteiger partial charge in [0, 0.05) is 27.1 Å². The minimum atomic E-state index is -4.54. The summed E-state index contributed by atoms with van der Waals surface area (Å²) in [5, 5.41) is 31.7. The van der Waals surface area contributed by atoms with Gasteiger partial charge in [-0.1, -0.05) is 0 Å². The maximum absolute atomic E-state index is 12.1. The van der Waals surface area contributed by atoms with Gasteiger partial charge in [0.25, 0.3) is 0 Å². The number of imidazole rings is 4. The highest BCUT2D eigenvalue weighted by Crippen LogP contribution is 2.55. The first-order chi connectivity index (χ1) is 42.5. The average Bonchev–Trinajstić information content (AvgIpc) is 1.66. The molecule has 12 heterocycles. The molecule has 39 nitrogen and oxygen atoms in total. The molecule has 45 heteroatoms. The molecule has 4 aliphatic heterocycles. The number of nitrogen functional groups attached to an aromatic ring is 4. The normalized spacial score (nSPS) is 30.2. The molecule has 14 N–H and O–H groups in total. The number of aromatic nitrogens is 16. The first kappa shape index (κ1) is 63.3. The Morgan fingerprint density at radius 3 is 1.27 bits per heavy atom. The average molecular weight is 1360 g/mol. The lowest BCUT2D eigenvalue weighted by atomic mass is 10.1. The molecule has 0 amide bonds. The summed E-state index contributed by atoms with van der Waals surface area (Å²) in [4.78, 5) is 97.5. The maximum Gasteiger partial charge on any atom is 0.325 e. The Balaban J connectivity index is 0.763. The molecule has 0 aromatic carbocycles. The van der Waals surface area contributed by atoms with Gasteiger partial charge in [-0.25, -0.2) is 59.8 Å². The van der Waals surface area contributed by atoms with E-state index in [2.05, 4.69) is 59.8 Å². The van der Waals surface area contributed by atoms with Crippen molar-refractivity contribution in [3.05, 3.63) is 50.6 Å². The second-order valence-corrected chi connectivity index (χ2v) is 28.7. The Morgan fingerprint density at radius 1 is 0.517 bits per heavy atom. The fraction of sp³-hybridized carbons (Fsp3) is 0.523. The number of carboxylic acid groups (broad SMARTS) is 1. The Labute approximate surface area is 514 Å². The van der Waals surface area contributed by atoms with E-state index in [1.54, 1.807) is 0 Å². The number of carbonyl (C=O) groups is 1. The summed E-state index contributed by atoms with van der Waals surface area (Å²) in [5.74, 6) is -0.860. The van der Waals surface area contributed by atoms with Crippen molar-refractivity contribution >= 4 is 129 Å². The topological polar surface area (TPSA) is 528 Å². The number of fused-ring (bicyclic) bond motifs is 4. The van der Waals surface area contributed by atoms with E-state index in [1.807, 2.05) is 0 Å². The van der Waals surface area contributed by atoms with Gasteiger partial charge < -0.3 is 99.5 Å². The maximum atomic E-state index is 12.1. The van der Waals surface area contributed by atoms with E-state index in [1.165, 1.54) is 83.1 Å². The summed E-state index contributed by atoms with van der Waals surface area (Å²) < 4.78 is 79.3. The zero-order valence-electron chi connectivity index (χ0n) is 46.0. The summed E-state index contributed by atoms with van der Waals surface area (Å²) in [6.45, 7) is -15.0. The van der Waals surface area contributed by atoms with E-state index >= 15 is 0 Å². The molecule has 89 heavy (non-hydrogen) atoms. The fourth-order valence-corrected chi connectivity index (χ4v) is 15.1. The van der Waals surface area contributed by atoms with Crippen molar-refractivity contribution in [2.75, 3.05) is 57.0 Å². The van der Waals surface area contributed by atoms with Crippen LogP contribution in [0.25, 0.3) is 44.7 Å². The molecule has 0 spiro atoms. The molecule has 4 saturated heterocycles. The molecule has 12 rings (SSSR count). The van der Waals surface area contributed by atoms with Crippen LogP contribution in [-0.4, -0.2) is 215 Å². The van der Waals surface area contributed by atoms with Crippen LogP contribution in [0.3, 0.4) is 0 Å². The third-order valence-electron chi connectivity index (χ3n) is 14.9. The van der Waals surface area contributed by atoms with Crippen LogP contribution in [0, 0.1) is 0 Å². The minimum absolute atomic E-state index is 0.0169. The number of aliphatic hydroxyl groups excluding tert-OH is 2. The highest BCUT2D eigenvalue weighted by molar-refractivity contribution is 8.07. The van der Waals surface area contributed by atoms with Gasteiger partial charge in [-0.2, -0.15) is 0 Å². The molecule has 8 aromatic heterocycles. The van der Waals surface area contributed by atoms with Crippen molar-refractivity contribution in [3.8, 4) is 0 Å². The van der Waals surface area contributed by atoms with E-state index in [9.17, 15) is 34.8 Å². The van der Waals surface area contributed by atoms with Crippen LogP contribution < -0.4 is 22.9 Å². The van der Waals surface area contributed by atoms with Gasteiger partial charge in [-0.05, 0) is 41.8 Å². The number of hydrogen-bond acceptors (Lipinski definition) is 34. The Morgan fingerprint density at radius 2 is 0.876 bits per heavy atom. The van der Waals surface area contributed by atoms with E-state index in [0.29, 0.717) is 0 Å². The van der Waals surface area contributed by atoms with Crippen LogP contribution in [-0.2, 0) is 95.8 Å². The highest BCUT2D eigenvalue weighted by atomic mass is 32.5. The number of anilines is 4. The molecule has 478 valence electrons. The second-order valence-electron chi connectivity index (χ2n) is 20.3. The summed E-state index contributed by atoms with van der Waals surface area (Å²) in [7, 11) is 2.60. The summed E-state index contributed by atoms with van der Waals surface area (Å²) in [6.07, 6.45) is -8.79. The number of methoxy groups -OCH3 is 2. The second kappa shape index (κ2) is 25.3. The van der Waals surface area contributed by atoms with Gasteiger partial charge in [-0.15, -0.1) is 0 Å². The van der Waals surface area contributed by atoms with Crippen LogP contribution in [0.15, 0.2) is 50.6 Å². The predicted molar refractivity (Wildman–Crippen MR) is 312 cm³/mol. The Bertz CT molecular complexity index is 4080. The molecule has 0 aliphatic carbocycles. The predicted octanol–water partition coefficient (Wildman–Crippen LogP) is -0.873. The van der Waals surface area contributed by atoms with Crippen molar-refractivity contribution in [3.63, 3.8) is 0 Å². The monoisotopic (exact) mass is 1360 g/mol. The zero-order chi connectivity index (χ0) is 62.8. The van der Waals surface area contributed by atoms with Crippen molar-refractivity contribution in [1.29, 1.82) is 0 Å². The van der Waals surface area contributed by atoms with Gasteiger partial charge in [0.05, 0.1) is 51.2 Å². The van der Waals surface area contributed by atoms with Gasteiger partial charge in [0.2, 0.25) is 0 Å². The molecule has 18 atom stereocenters. The minimum Gasteiger partial charge on any atom is -0.481 e. The molecule has 0 saturated carbocycles. The van der Waals surface area contributed by atoms with Crippen molar-refractivity contribution < 1.29 is 90.4 Å². The van der Waals surface area contributed by atoms with Crippen LogP contribution in [0.2, 0.25) is 0 Å². The molecule has 4 fully saturated rings. The van der Waals surface area contributed by atoms with Crippen LogP contribution in [0.4, 0.5) is 23.3 Å². The first-order valence-electron chi connectivity index (χ1n) is 26.5. The molecule has 3 unspecified atom stereocenters. The number of carboxylic acids is 1. The highest BCUT2D eigenvalue weighted by Gasteiger charge is 2.54. The third kappa shape index (κ3) is 12.7. The van der Waals surface area contributed by atoms with E-state index < -0.39 is 138 Å². The largest absolute Gasteiger partial charge is 0.481 e. The van der Waals surface area contributed by atoms with Gasteiger partial charge in [0.15, 0.2) is 70.8 Å². The summed E-state index contributed by atoms with van der Waals surface area (Å²) >= 11 is 16.8. The summed E-state index contributed by atoms with van der Waals surface area (Å²) in [6, 6.07) is 0. The van der Waals surface area contributed by atoms with E-state index in [4.69, 9.17) is 114 Å². The number of ether oxygens (including phenoxy) is 6. The number of nitrogens with two attached hydrogens (primary N) is 4. The lowest BCUT2D eigenvalue weighted by Gasteiger charge is -2.29. The summed E-state index contributed by atoms with van der Waals surface area (Å²) in [5.41, 5.74) is 25.9. The molecule has 0 bridgehead atoms. The Hall–Kier alpha value is -5.86. The molecule has 0 radical (unpaired) electrons. The van der Waals surface area contributed by atoms with E-state index in [-0.39, 0.29) is 87.2 Å². The molecule has 8 aromatic rings. The van der Waals surface area contributed by atoms with Crippen LogP contribution in [0.5, 0.6) is 0 Å². The number of hydrogen-bond donors (Lipinski definition) is 10. The number of rotatable bonds is 24. The van der Waals surface area contributed by atoms with E-state index in [0.717, 1.165) is 0 Å². The zero-order valence-corrected chi connectivity index (χ0v) is 51.2.